The van der Waals surface area contributed by atoms with Gasteiger partial charge in [-0.05, 0) is 25.0 Å². The molecule has 8 nitrogen and oxygen atoms in total. The van der Waals surface area contributed by atoms with Crippen molar-refractivity contribution >= 4 is 11.7 Å². The summed E-state index contributed by atoms with van der Waals surface area (Å²) in [4.78, 5) is 31.3. The van der Waals surface area contributed by atoms with E-state index in [9.17, 15) is 4.79 Å². The molecule has 0 spiro atoms. The number of ether oxygens (including phenoxy) is 1. The second-order valence-electron chi connectivity index (χ2n) is 9.22. The van der Waals surface area contributed by atoms with E-state index in [-0.39, 0.29) is 5.91 Å². The van der Waals surface area contributed by atoms with E-state index >= 15 is 0 Å². The summed E-state index contributed by atoms with van der Waals surface area (Å²) in [5, 5.41) is 0. The Hall–Kier alpha value is -2.71. The molecule has 5 rings (SSSR count). The van der Waals surface area contributed by atoms with Gasteiger partial charge in [0.15, 0.2) is 0 Å². The molecular weight excluding hydrogens is 416 g/mol. The van der Waals surface area contributed by atoms with Gasteiger partial charge in [0.1, 0.15) is 11.6 Å². The van der Waals surface area contributed by atoms with Gasteiger partial charge in [-0.25, -0.2) is 4.98 Å². The molecule has 2 saturated heterocycles. The number of anilines is 1. The Labute approximate surface area is 196 Å². The largest absolute Gasteiger partial charge is 0.496 e. The van der Waals surface area contributed by atoms with Crippen molar-refractivity contribution in [1.29, 1.82) is 0 Å². The summed E-state index contributed by atoms with van der Waals surface area (Å²) in [6.45, 7) is 7.79. The molecule has 0 bridgehead atoms. The van der Waals surface area contributed by atoms with Crippen molar-refractivity contribution in [3.63, 3.8) is 0 Å². The van der Waals surface area contributed by atoms with Gasteiger partial charge < -0.3 is 14.5 Å². The van der Waals surface area contributed by atoms with Crippen LogP contribution in [0, 0.1) is 0 Å². The molecule has 1 aromatic carbocycles. The molecule has 2 aliphatic heterocycles. The van der Waals surface area contributed by atoms with Gasteiger partial charge in [-0.3, -0.25) is 19.6 Å². The van der Waals surface area contributed by atoms with Crippen LogP contribution in [-0.4, -0.2) is 103 Å². The van der Waals surface area contributed by atoms with Crippen molar-refractivity contribution in [2.45, 2.75) is 25.3 Å². The van der Waals surface area contributed by atoms with Crippen LogP contribution in [0.3, 0.4) is 0 Å². The summed E-state index contributed by atoms with van der Waals surface area (Å²) in [6, 6.07) is 8.62. The minimum atomic E-state index is 0.276. The summed E-state index contributed by atoms with van der Waals surface area (Å²) in [7, 11) is 1.67. The van der Waals surface area contributed by atoms with Crippen molar-refractivity contribution in [2.75, 3.05) is 70.9 Å². The Kier molecular flexibility index (Phi) is 6.73. The highest BCUT2D eigenvalue weighted by atomic mass is 16.5. The number of hydrogen-bond donors (Lipinski definition) is 0. The first kappa shape index (κ1) is 22.1. The number of carbonyl (C=O) groups is 1. The molecule has 8 heteroatoms. The number of rotatable bonds is 6. The number of nitrogens with zero attached hydrogens (tertiary/aromatic N) is 6. The molecule has 176 valence electrons. The quantitative estimate of drug-likeness (QED) is 0.667. The minimum absolute atomic E-state index is 0.276. The van der Waals surface area contributed by atoms with Gasteiger partial charge in [-0.15, -0.1) is 0 Å². The first-order chi connectivity index (χ1) is 16.2. The van der Waals surface area contributed by atoms with Crippen LogP contribution in [0.25, 0.3) is 11.3 Å². The van der Waals surface area contributed by atoms with Crippen molar-refractivity contribution in [3.05, 3.63) is 36.7 Å². The van der Waals surface area contributed by atoms with Crippen LogP contribution in [0.5, 0.6) is 5.75 Å². The van der Waals surface area contributed by atoms with Crippen LogP contribution in [-0.2, 0) is 4.79 Å². The van der Waals surface area contributed by atoms with E-state index < -0.39 is 0 Å². The van der Waals surface area contributed by atoms with Crippen molar-refractivity contribution in [3.8, 4) is 17.0 Å². The van der Waals surface area contributed by atoms with Gasteiger partial charge >= 0.3 is 0 Å². The molecule has 33 heavy (non-hydrogen) atoms. The van der Waals surface area contributed by atoms with Crippen LogP contribution < -0.4 is 9.64 Å². The van der Waals surface area contributed by atoms with E-state index in [0.717, 1.165) is 81.2 Å². The molecule has 1 saturated carbocycles. The van der Waals surface area contributed by atoms with Crippen LogP contribution in [0.1, 0.15) is 19.3 Å². The molecule has 0 N–H and O–H groups in total. The van der Waals surface area contributed by atoms with Crippen LogP contribution in [0.2, 0.25) is 0 Å². The highest BCUT2D eigenvalue weighted by Crippen LogP contribution is 2.28. The van der Waals surface area contributed by atoms with Crippen molar-refractivity contribution in [2.24, 2.45) is 0 Å². The summed E-state index contributed by atoms with van der Waals surface area (Å²) in [5.74, 6) is 1.95. The predicted octanol–water partition coefficient (Wildman–Crippen LogP) is 1.97. The Morgan fingerprint density at radius 3 is 2.36 bits per heavy atom. The molecule has 2 aromatic rings. The second kappa shape index (κ2) is 10.1. The van der Waals surface area contributed by atoms with Gasteiger partial charge in [0.05, 0.1) is 31.7 Å². The SMILES string of the molecule is COc1ccccc1-c1cnc(N2CCN(CC(=O)N3CCN(C4CCC4)CC3)CC2)cn1. The first-order valence-electron chi connectivity index (χ1n) is 12.2. The molecule has 3 fully saturated rings. The first-order valence-corrected chi connectivity index (χ1v) is 12.2. The zero-order valence-electron chi connectivity index (χ0n) is 19.5. The lowest BCUT2D eigenvalue weighted by atomic mass is 9.91. The Morgan fingerprint density at radius 2 is 1.73 bits per heavy atom. The summed E-state index contributed by atoms with van der Waals surface area (Å²) in [6.07, 6.45) is 7.70. The topological polar surface area (TPSA) is 65.0 Å². The highest BCUT2D eigenvalue weighted by Gasteiger charge is 2.30. The number of aromatic nitrogens is 2. The lowest BCUT2D eigenvalue weighted by Gasteiger charge is -2.43. The fourth-order valence-electron chi connectivity index (χ4n) is 4.99. The number of hydrogen-bond acceptors (Lipinski definition) is 7. The van der Waals surface area contributed by atoms with Gasteiger partial charge in [0.25, 0.3) is 0 Å². The van der Waals surface area contributed by atoms with Gasteiger partial charge in [-0.1, -0.05) is 18.6 Å². The molecule has 1 amide bonds. The highest BCUT2D eigenvalue weighted by molar-refractivity contribution is 5.78. The monoisotopic (exact) mass is 450 g/mol. The number of amides is 1. The van der Waals surface area contributed by atoms with E-state index in [0.29, 0.717) is 6.54 Å². The molecular formula is C25H34N6O2. The predicted molar refractivity (Wildman–Crippen MR) is 128 cm³/mol. The third-order valence-electron chi connectivity index (χ3n) is 7.33. The molecule has 1 aliphatic carbocycles. The minimum Gasteiger partial charge on any atom is -0.496 e. The Balaban J connectivity index is 1.10. The number of carbonyl (C=O) groups excluding carboxylic acids is 1. The van der Waals surface area contributed by atoms with Crippen molar-refractivity contribution < 1.29 is 9.53 Å². The average Bonchev–Trinajstić information content (AvgIpc) is 2.84. The lowest BCUT2D eigenvalue weighted by Crippen LogP contribution is -2.56. The maximum absolute atomic E-state index is 12.8. The zero-order chi connectivity index (χ0) is 22.6. The molecule has 0 atom stereocenters. The van der Waals surface area contributed by atoms with Crippen molar-refractivity contribution in [1.82, 2.24) is 24.7 Å². The van der Waals surface area contributed by atoms with E-state index in [1.54, 1.807) is 7.11 Å². The summed E-state index contributed by atoms with van der Waals surface area (Å²) in [5.41, 5.74) is 1.74. The number of benzene rings is 1. The number of para-hydroxylation sites is 1. The average molecular weight is 451 g/mol. The fourth-order valence-corrected chi connectivity index (χ4v) is 4.99. The maximum Gasteiger partial charge on any atom is 0.236 e. The molecule has 3 aliphatic rings. The Morgan fingerprint density at radius 1 is 0.970 bits per heavy atom. The fraction of sp³-hybridized carbons (Fsp3) is 0.560. The normalized spacial score (nSPS) is 20.5. The molecule has 3 heterocycles. The lowest BCUT2D eigenvalue weighted by molar-refractivity contribution is -0.134. The number of piperazine rings is 2. The second-order valence-corrected chi connectivity index (χ2v) is 9.22. The van der Waals surface area contributed by atoms with Crippen LogP contribution in [0.15, 0.2) is 36.7 Å². The van der Waals surface area contributed by atoms with E-state index in [2.05, 4.69) is 29.6 Å². The standard InChI is InChI=1S/C25H34N6O2/c1-33-23-8-3-2-7-21(23)22-17-27-24(18-26-22)30-11-9-28(10-12-30)19-25(32)31-15-13-29(14-16-31)20-5-4-6-20/h2-3,7-8,17-18,20H,4-6,9-16,19H2,1H3. The summed E-state index contributed by atoms with van der Waals surface area (Å²) < 4.78 is 5.44. The van der Waals surface area contributed by atoms with E-state index in [1.165, 1.54) is 19.3 Å². The molecule has 1 aromatic heterocycles. The van der Waals surface area contributed by atoms with Gasteiger partial charge in [0, 0.05) is 64.0 Å². The van der Waals surface area contributed by atoms with E-state index in [1.807, 2.05) is 36.7 Å². The van der Waals surface area contributed by atoms with Gasteiger partial charge in [0.2, 0.25) is 5.91 Å². The summed E-state index contributed by atoms with van der Waals surface area (Å²) >= 11 is 0. The smallest absolute Gasteiger partial charge is 0.236 e. The van der Waals surface area contributed by atoms with Crippen LogP contribution >= 0.6 is 0 Å². The van der Waals surface area contributed by atoms with E-state index in [4.69, 9.17) is 4.74 Å². The number of methoxy groups -OCH3 is 1. The van der Waals surface area contributed by atoms with Gasteiger partial charge in [-0.2, -0.15) is 0 Å². The molecule has 0 unspecified atom stereocenters. The third-order valence-corrected chi connectivity index (χ3v) is 7.33. The zero-order valence-corrected chi connectivity index (χ0v) is 19.5. The Bertz CT molecular complexity index is 932. The molecule has 0 radical (unpaired) electrons. The maximum atomic E-state index is 12.8. The third kappa shape index (κ3) is 4.96. The van der Waals surface area contributed by atoms with Crippen LogP contribution in [0.4, 0.5) is 5.82 Å².